The van der Waals surface area contributed by atoms with Crippen molar-refractivity contribution in [1.82, 2.24) is 9.88 Å². The Morgan fingerprint density at radius 3 is 2.75 bits per heavy atom. The van der Waals surface area contributed by atoms with Gasteiger partial charge in [-0.05, 0) is 39.4 Å². The van der Waals surface area contributed by atoms with Crippen LogP contribution in [0.4, 0.5) is 0 Å². The second kappa shape index (κ2) is 5.25. The van der Waals surface area contributed by atoms with Gasteiger partial charge >= 0.3 is 0 Å². The Morgan fingerprint density at radius 1 is 1.56 bits per heavy atom. The average molecular weight is 240 g/mol. The molecular weight excluding hydrogens is 220 g/mol. The van der Waals surface area contributed by atoms with Crippen molar-refractivity contribution in [2.45, 2.75) is 38.7 Å². The van der Waals surface area contributed by atoms with E-state index in [1.165, 1.54) is 30.9 Å². The Balaban J connectivity index is 1.97. The summed E-state index contributed by atoms with van der Waals surface area (Å²) in [4.78, 5) is 7.02. The van der Waals surface area contributed by atoms with Gasteiger partial charge in [0.25, 0.3) is 0 Å². The van der Waals surface area contributed by atoms with E-state index in [1.807, 2.05) is 5.38 Å². The summed E-state index contributed by atoms with van der Waals surface area (Å²) in [5.41, 5.74) is 0.831. The summed E-state index contributed by atoms with van der Waals surface area (Å²) in [7, 11) is 0. The minimum absolute atomic E-state index is 0.430. The van der Waals surface area contributed by atoms with E-state index in [2.05, 4.69) is 16.8 Å². The zero-order valence-corrected chi connectivity index (χ0v) is 10.8. The van der Waals surface area contributed by atoms with Crippen LogP contribution in [0.3, 0.4) is 0 Å². The molecule has 16 heavy (non-hydrogen) atoms. The number of rotatable bonds is 3. The van der Waals surface area contributed by atoms with Gasteiger partial charge in [-0.25, -0.2) is 4.98 Å². The molecule has 0 bridgehead atoms. The van der Waals surface area contributed by atoms with Crippen LogP contribution in [-0.4, -0.2) is 34.6 Å². The highest BCUT2D eigenvalue weighted by Crippen LogP contribution is 2.31. The normalized spacial score (nSPS) is 21.2. The molecule has 1 fully saturated rings. The first-order valence-electron chi connectivity index (χ1n) is 6.06. The molecule has 3 nitrogen and oxygen atoms in total. The highest BCUT2D eigenvalue weighted by Gasteiger charge is 2.22. The fraction of sp³-hybridized carbons (Fsp3) is 0.750. The molecule has 0 aliphatic carbocycles. The van der Waals surface area contributed by atoms with Crippen molar-refractivity contribution >= 4 is 11.3 Å². The first-order valence-corrected chi connectivity index (χ1v) is 6.94. The minimum Gasteiger partial charge on any atom is -0.387 e. The van der Waals surface area contributed by atoms with Crippen LogP contribution in [0, 0.1) is 0 Å². The SMILES string of the molecule is CCN1CCC(c2nc(C(C)O)cs2)CC1. The fourth-order valence-corrected chi connectivity index (χ4v) is 3.25. The van der Waals surface area contributed by atoms with Gasteiger partial charge in [-0.1, -0.05) is 6.92 Å². The van der Waals surface area contributed by atoms with Crippen molar-refractivity contribution in [3.63, 3.8) is 0 Å². The van der Waals surface area contributed by atoms with Crippen LogP contribution in [0.15, 0.2) is 5.38 Å². The standard InChI is InChI=1S/C12H20N2OS/c1-3-14-6-4-10(5-7-14)12-13-11(8-16-12)9(2)15/h8-10,15H,3-7H2,1-2H3. The van der Waals surface area contributed by atoms with E-state index in [-0.39, 0.29) is 0 Å². The number of hydrogen-bond acceptors (Lipinski definition) is 4. The smallest absolute Gasteiger partial charge is 0.0961 e. The van der Waals surface area contributed by atoms with Crippen molar-refractivity contribution in [1.29, 1.82) is 0 Å². The van der Waals surface area contributed by atoms with Crippen molar-refractivity contribution in [3.05, 3.63) is 16.1 Å². The summed E-state index contributed by atoms with van der Waals surface area (Å²) in [5.74, 6) is 0.611. The lowest BCUT2D eigenvalue weighted by Crippen LogP contribution is -2.32. The quantitative estimate of drug-likeness (QED) is 0.881. The molecule has 4 heteroatoms. The molecule has 0 saturated carbocycles. The summed E-state index contributed by atoms with van der Waals surface area (Å²) >= 11 is 1.70. The third kappa shape index (κ3) is 2.62. The topological polar surface area (TPSA) is 36.4 Å². The Hall–Kier alpha value is -0.450. The zero-order valence-electron chi connectivity index (χ0n) is 10.0. The Bertz CT molecular complexity index is 330. The molecule has 1 aromatic rings. The van der Waals surface area contributed by atoms with Crippen LogP contribution in [0.5, 0.6) is 0 Å². The predicted molar refractivity (Wildman–Crippen MR) is 66.8 cm³/mol. The summed E-state index contributed by atoms with van der Waals surface area (Å²) in [5, 5.41) is 12.7. The minimum atomic E-state index is -0.430. The Kier molecular flexibility index (Phi) is 3.95. The molecule has 2 rings (SSSR count). The van der Waals surface area contributed by atoms with Gasteiger partial charge < -0.3 is 10.0 Å². The average Bonchev–Trinajstić information content (AvgIpc) is 2.78. The molecular formula is C12H20N2OS. The lowest BCUT2D eigenvalue weighted by Gasteiger charge is -2.29. The molecule has 1 N–H and O–H groups in total. The summed E-state index contributed by atoms with van der Waals surface area (Å²) in [6.07, 6.45) is 1.99. The molecule has 0 amide bonds. The van der Waals surface area contributed by atoms with Crippen LogP contribution in [-0.2, 0) is 0 Å². The molecule has 1 saturated heterocycles. The molecule has 1 aliphatic heterocycles. The number of aliphatic hydroxyl groups is 1. The van der Waals surface area contributed by atoms with Crippen molar-refractivity contribution in [3.8, 4) is 0 Å². The third-order valence-corrected chi connectivity index (χ3v) is 4.38. The number of thiazole rings is 1. The second-order valence-corrected chi connectivity index (χ2v) is 5.38. The summed E-state index contributed by atoms with van der Waals surface area (Å²) in [6.45, 7) is 7.52. The fourth-order valence-electron chi connectivity index (χ4n) is 2.18. The van der Waals surface area contributed by atoms with E-state index in [0.29, 0.717) is 5.92 Å². The van der Waals surface area contributed by atoms with Crippen molar-refractivity contribution in [2.24, 2.45) is 0 Å². The van der Waals surface area contributed by atoms with Gasteiger partial charge in [-0.3, -0.25) is 0 Å². The number of aromatic nitrogens is 1. The zero-order chi connectivity index (χ0) is 11.5. The van der Waals surface area contributed by atoms with Gasteiger partial charge in [0, 0.05) is 11.3 Å². The molecule has 1 aliphatic rings. The maximum Gasteiger partial charge on any atom is 0.0961 e. The number of aliphatic hydroxyl groups excluding tert-OH is 1. The number of likely N-dealkylation sites (tertiary alicyclic amines) is 1. The third-order valence-electron chi connectivity index (χ3n) is 3.35. The monoisotopic (exact) mass is 240 g/mol. The van der Waals surface area contributed by atoms with Crippen LogP contribution in [0.25, 0.3) is 0 Å². The van der Waals surface area contributed by atoms with Crippen LogP contribution in [0.2, 0.25) is 0 Å². The van der Waals surface area contributed by atoms with E-state index in [4.69, 9.17) is 0 Å². The van der Waals surface area contributed by atoms with E-state index in [9.17, 15) is 5.11 Å². The van der Waals surface area contributed by atoms with E-state index < -0.39 is 6.10 Å². The number of piperidine rings is 1. The van der Waals surface area contributed by atoms with E-state index in [1.54, 1.807) is 18.3 Å². The van der Waals surface area contributed by atoms with Gasteiger partial charge in [0.1, 0.15) is 0 Å². The van der Waals surface area contributed by atoms with E-state index >= 15 is 0 Å². The highest BCUT2D eigenvalue weighted by molar-refractivity contribution is 7.09. The van der Waals surface area contributed by atoms with Crippen LogP contribution in [0.1, 0.15) is 49.4 Å². The molecule has 1 aromatic heterocycles. The maximum atomic E-state index is 9.45. The molecule has 2 heterocycles. The number of hydrogen-bond donors (Lipinski definition) is 1. The van der Waals surface area contributed by atoms with Crippen LogP contribution < -0.4 is 0 Å². The van der Waals surface area contributed by atoms with Gasteiger partial charge in [0.15, 0.2) is 0 Å². The molecule has 1 atom stereocenters. The van der Waals surface area contributed by atoms with Crippen molar-refractivity contribution in [2.75, 3.05) is 19.6 Å². The summed E-state index contributed by atoms with van der Waals surface area (Å²) < 4.78 is 0. The largest absolute Gasteiger partial charge is 0.387 e. The molecule has 0 spiro atoms. The first-order chi connectivity index (χ1) is 7.70. The maximum absolute atomic E-state index is 9.45. The lowest BCUT2D eigenvalue weighted by atomic mass is 9.97. The highest BCUT2D eigenvalue weighted by atomic mass is 32.1. The molecule has 0 aromatic carbocycles. The molecule has 90 valence electrons. The predicted octanol–water partition coefficient (Wildman–Crippen LogP) is 2.40. The first kappa shape index (κ1) is 12.0. The Morgan fingerprint density at radius 2 is 2.25 bits per heavy atom. The number of nitrogens with zero attached hydrogens (tertiary/aromatic N) is 2. The van der Waals surface area contributed by atoms with Gasteiger partial charge in [-0.15, -0.1) is 11.3 Å². The van der Waals surface area contributed by atoms with Gasteiger partial charge in [0.05, 0.1) is 16.8 Å². The van der Waals surface area contributed by atoms with E-state index in [0.717, 1.165) is 12.2 Å². The van der Waals surface area contributed by atoms with Gasteiger partial charge in [0.2, 0.25) is 0 Å². The summed E-state index contributed by atoms with van der Waals surface area (Å²) in [6, 6.07) is 0. The lowest BCUT2D eigenvalue weighted by molar-refractivity contribution is 0.194. The molecule has 1 unspecified atom stereocenters. The second-order valence-electron chi connectivity index (χ2n) is 4.50. The Labute approximate surface area is 101 Å². The molecule has 0 radical (unpaired) electrons. The van der Waals surface area contributed by atoms with Crippen molar-refractivity contribution < 1.29 is 5.11 Å². The van der Waals surface area contributed by atoms with Gasteiger partial charge in [-0.2, -0.15) is 0 Å². The van der Waals surface area contributed by atoms with Crippen LogP contribution >= 0.6 is 11.3 Å².